The van der Waals surface area contributed by atoms with Gasteiger partial charge in [0.25, 0.3) is 5.69 Å². The molecule has 6 heteroatoms. The molecular weight excluding hydrogens is 256 g/mol. The van der Waals surface area contributed by atoms with Gasteiger partial charge in [-0.3, -0.25) is 10.1 Å². The molecule has 1 N–H and O–H groups in total. The molecule has 1 heterocycles. The first-order valence-corrected chi connectivity index (χ1v) is 6.65. The Hall–Kier alpha value is -2.13. The van der Waals surface area contributed by atoms with Gasteiger partial charge in [-0.2, -0.15) is 5.26 Å². The van der Waals surface area contributed by atoms with Crippen LogP contribution in [0.1, 0.15) is 18.9 Å². The lowest BCUT2D eigenvalue weighted by Crippen LogP contribution is -2.43. The molecule has 1 aromatic carbocycles. The molecule has 1 aliphatic heterocycles. The topological polar surface area (TPSA) is 82.2 Å². The van der Waals surface area contributed by atoms with Crippen LogP contribution in [-0.4, -0.2) is 36.0 Å². The Morgan fingerprint density at radius 1 is 1.55 bits per heavy atom. The van der Waals surface area contributed by atoms with Crippen LogP contribution in [-0.2, 0) is 0 Å². The summed E-state index contributed by atoms with van der Waals surface area (Å²) >= 11 is 0. The molecule has 0 aliphatic carbocycles. The fourth-order valence-electron chi connectivity index (χ4n) is 2.66. The van der Waals surface area contributed by atoms with Gasteiger partial charge in [0.2, 0.25) is 0 Å². The van der Waals surface area contributed by atoms with Gasteiger partial charge in [-0.25, -0.2) is 0 Å². The van der Waals surface area contributed by atoms with Crippen LogP contribution in [0.5, 0.6) is 0 Å². The van der Waals surface area contributed by atoms with E-state index in [4.69, 9.17) is 5.26 Å². The number of piperidine rings is 1. The number of nitro benzene ring substituents is 1. The van der Waals surface area contributed by atoms with Crippen molar-refractivity contribution in [2.75, 3.05) is 25.5 Å². The van der Waals surface area contributed by atoms with E-state index >= 15 is 0 Å². The van der Waals surface area contributed by atoms with E-state index in [1.165, 1.54) is 6.07 Å². The van der Waals surface area contributed by atoms with Crippen molar-refractivity contribution in [3.8, 4) is 6.07 Å². The molecule has 0 saturated carbocycles. The zero-order chi connectivity index (χ0) is 14.7. The lowest BCUT2D eigenvalue weighted by Gasteiger charge is -2.35. The normalized spacial score (nSPS) is 23.1. The third kappa shape index (κ3) is 3.06. The number of hydrogen-bond acceptors (Lipinski definition) is 5. The summed E-state index contributed by atoms with van der Waals surface area (Å²) in [5.41, 5.74) is 0.726. The van der Waals surface area contributed by atoms with Crippen LogP contribution in [0.2, 0.25) is 0 Å². The van der Waals surface area contributed by atoms with Crippen LogP contribution >= 0.6 is 0 Å². The first kappa shape index (κ1) is 14.3. The third-order valence-corrected chi connectivity index (χ3v) is 3.77. The first-order valence-electron chi connectivity index (χ1n) is 6.65. The highest BCUT2D eigenvalue weighted by Crippen LogP contribution is 2.25. The second-order valence-corrected chi connectivity index (χ2v) is 5.38. The summed E-state index contributed by atoms with van der Waals surface area (Å²) in [4.78, 5) is 12.6. The summed E-state index contributed by atoms with van der Waals surface area (Å²) in [6.45, 7) is 4.24. The molecule has 2 unspecified atom stereocenters. The fraction of sp³-hybridized carbons (Fsp3) is 0.500. The molecule has 106 valence electrons. The van der Waals surface area contributed by atoms with Crippen molar-refractivity contribution in [2.24, 2.45) is 5.92 Å². The number of rotatable bonds is 3. The average Bonchev–Trinajstić information content (AvgIpc) is 2.41. The molecule has 2 atom stereocenters. The van der Waals surface area contributed by atoms with Gasteiger partial charge in [-0.1, -0.05) is 6.92 Å². The summed E-state index contributed by atoms with van der Waals surface area (Å²) in [5.74, 6) is 0.495. The van der Waals surface area contributed by atoms with Crippen molar-refractivity contribution in [1.29, 1.82) is 5.26 Å². The summed E-state index contributed by atoms with van der Waals surface area (Å²) in [7, 11) is 2.10. The first-order chi connectivity index (χ1) is 9.51. The standard InChI is InChI=1S/C14H18N4O2/c1-10-9-17(2)6-5-13(10)16-12-3-4-14(18(19)20)11(7-12)8-15/h3-4,7,10,13,16H,5-6,9H2,1-2H3. The monoisotopic (exact) mass is 274 g/mol. The highest BCUT2D eigenvalue weighted by Gasteiger charge is 2.24. The third-order valence-electron chi connectivity index (χ3n) is 3.77. The number of nitrogens with zero attached hydrogens (tertiary/aromatic N) is 3. The van der Waals surface area contributed by atoms with E-state index in [0.717, 1.165) is 25.2 Å². The minimum absolute atomic E-state index is 0.0978. The summed E-state index contributed by atoms with van der Waals surface area (Å²) in [6, 6.07) is 6.83. The maximum Gasteiger partial charge on any atom is 0.287 e. The van der Waals surface area contributed by atoms with Gasteiger partial charge in [-0.15, -0.1) is 0 Å². The van der Waals surface area contributed by atoms with Crippen LogP contribution in [0.4, 0.5) is 11.4 Å². The van der Waals surface area contributed by atoms with Gasteiger partial charge in [0.1, 0.15) is 11.6 Å². The van der Waals surface area contributed by atoms with Gasteiger partial charge in [0, 0.05) is 24.3 Å². The zero-order valence-corrected chi connectivity index (χ0v) is 11.7. The number of likely N-dealkylation sites (tertiary alicyclic amines) is 1. The molecule has 1 fully saturated rings. The Labute approximate surface area is 118 Å². The van der Waals surface area contributed by atoms with Crippen LogP contribution in [0.25, 0.3) is 0 Å². The van der Waals surface area contributed by atoms with Gasteiger partial charge in [0.15, 0.2) is 0 Å². The quantitative estimate of drug-likeness (QED) is 0.675. The van der Waals surface area contributed by atoms with E-state index in [-0.39, 0.29) is 11.3 Å². The number of nitrogens with one attached hydrogen (secondary N) is 1. The molecule has 0 amide bonds. The van der Waals surface area contributed by atoms with Crippen LogP contribution in [0.15, 0.2) is 18.2 Å². The van der Waals surface area contributed by atoms with E-state index in [2.05, 4.69) is 24.2 Å². The lowest BCUT2D eigenvalue weighted by atomic mass is 9.94. The van der Waals surface area contributed by atoms with Gasteiger partial charge in [0.05, 0.1) is 4.92 Å². The fourth-order valence-corrected chi connectivity index (χ4v) is 2.66. The van der Waals surface area contributed by atoms with E-state index in [0.29, 0.717) is 12.0 Å². The SMILES string of the molecule is CC1CN(C)CCC1Nc1ccc([N+](=O)[O-])c(C#N)c1. The molecule has 1 aromatic rings. The summed E-state index contributed by atoms with van der Waals surface area (Å²) in [6.07, 6.45) is 1.02. The van der Waals surface area contributed by atoms with Crippen molar-refractivity contribution >= 4 is 11.4 Å². The van der Waals surface area contributed by atoms with Crippen molar-refractivity contribution in [3.63, 3.8) is 0 Å². The smallest absolute Gasteiger partial charge is 0.287 e. The average molecular weight is 274 g/mol. The largest absolute Gasteiger partial charge is 0.382 e. The van der Waals surface area contributed by atoms with E-state index in [9.17, 15) is 10.1 Å². The number of benzene rings is 1. The maximum atomic E-state index is 10.8. The predicted octanol–water partition coefficient (Wildman–Crippen LogP) is 2.22. The van der Waals surface area contributed by atoms with Crippen LogP contribution in [0, 0.1) is 27.4 Å². The van der Waals surface area contributed by atoms with Gasteiger partial charge < -0.3 is 10.2 Å². The Bertz CT molecular complexity index is 553. The highest BCUT2D eigenvalue weighted by molar-refractivity contribution is 5.59. The molecule has 6 nitrogen and oxygen atoms in total. The number of nitriles is 1. The zero-order valence-electron chi connectivity index (χ0n) is 11.7. The molecule has 0 aromatic heterocycles. The van der Waals surface area contributed by atoms with Crippen LogP contribution in [0.3, 0.4) is 0 Å². The maximum absolute atomic E-state index is 10.8. The molecular formula is C14H18N4O2. The Morgan fingerprint density at radius 3 is 2.90 bits per heavy atom. The van der Waals surface area contributed by atoms with Gasteiger partial charge >= 0.3 is 0 Å². The minimum Gasteiger partial charge on any atom is -0.382 e. The van der Waals surface area contributed by atoms with E-state index in [1.54, 1.807) is 12.1 Å². The van der Waals surface area contributed by atoms with Crippen molar-refractivity contribution in [3.05, 3.63) is 33.9 Å². The highest BCUT2D eigenvalue weighted by atomic mass is 16.6. The number of nitro groups is 1. The predicted molar refractivity (Wildman–Crippen MR) is 76.5 cm³/mol. The molecule has 1 aliphatic rings. The minimum atomic E-state index is -0.527. The van der Waals surface area contributed by atoms with Crippen molar-refractivity contribution in [2.45, 2.75) is 19.4 Å². The van der Waals surface area contributed by atoms with Gasteiger partial charge in [-0.05, 0) is 38.1 Å². The Kier molecular flexibility index (Phi) is 4.20. The van der Waals surface area contributed by atoms with Crippen molar-refractivity contribution in [1.82, 2.24) is 4.90 Å². The molecule has 1 saturated heterocycles. The second kappa shape index (κ2) is 5.88. The molecule has 20 heavy (non-hydrogen) atoms. The van der Waals surface area contributed by atoms with Crippen LogP contribution < -0.4 is 5.32 Å². The summed E-state index contributed by atoms with van der Waals surface area (Å²) in [5, 5.41) is 23.2. The second-order valence-electron chi connectivity index (χ2n) is 5.38. The lowest BCUT2D eigenvalue weighted by molar-refractivity contribution is -0.385. The Balaban J connectivity index is 2.14. The van der Waals surface area contributed by atoms with E-state index < -0.39 is 4.92 Å². The molecule has 2 rings (SSSR count). The molecule has 0 spiro atoms. The van der Waals surface area contributed by atoms with Crippen molar-refractivity contribution < 1.29 is 4.92 Å². The van der Waals surface area contributed by atoms with E-state index in [1.807, 2.05) is 6.07 Å². The summed E-state index contributed by atoms with van der Waals surface area (Å²) < 4.78 is 0. The molecule has 0 bridgehead atoms. The molecule has 0 radical (unpaired) electrons. The number of hydrogen-bond donors (Lipinski definition) is 1. The Morgan fingerprint density at radius 2 is 2.30 bits per heavy atom. The number of anilines is 1.